The fourth-order valence-electron chi connectivity index (χ4n) is 2.11. The molecule has 2 aliphatic heterocycles. The van der Waals surface area contributed by atoms with Crippen molar-refractivity contribution in [2.24, 2.45) is 0 Å². The number of hydrogen-bond donors (Lipinski definition) is 2. The van der Waals surface area contributed by atoms with Crippen LogP contribution in [0.4, 0.5) is 0 Å². The predicted molar refractivity (Wildman–Crippen MR) is 62.1 cm³/mol. The van der Waals surface area contributed by atoms with E-state index in [1.54, 1.807) is 6.92 Å². The van der Waals surface area contributed by atoms with Crippen LogP contribution in [0.25, 0.3) is 0 Å². The molecular weight excluding hydrogens is 224 g/mol. The molecule has 2 aliphatic rings. The second-order valence-electron chi connectivity index (χ2n) is 4.07. The van der Waals surface area contributed by atoms with Crippen LogP contribution in [0.3, 0.4) is 0 Å². The predicted octanol–water partition coefficient (Wildman–Crippen LogP) is 0.883. The molecular formula is C11H10N2O2S. The van der Waals surface area contributed by atoms with Crippen molar-refractivity contribution in [2.45, 2.75) is 18.7 Å². The highest BCUT2D eigenvalue weighted by molar-refractivity contribution is 7.80. The molecule has 1 aromatic rings. The van der Waals surface area contributed by atoms with Crippen LogP contribution >= 0.6 is 12.2 Å². The highest BCUT2D eigenvalue weighted by Gasteiger charge is 2.50. The summed E-state index contributed by atoms with van der Waals surface area (Å²) in [5.41, 5.74) is -0.199. The number of benzene rings is 1. The van der Waals surface area contributed by atoms with Crippen LogP contribution in [0.2, 0.25) is 0 Å². The average molecular weight is 234 g/mol. The standard InChI is InChI=1S/C11H10N2O2S/c1-11-9(14)8(12-10(16)13-11)6-4-2-3-5-7(6)15-11/h2-5,8H,1H3,(H2,12,13,16). The molecule has 1 saturated heterocycles. The van der Waals surface area contributed by atoms with Crippen molar-refractivity contribution in [2.75, 3.05) is 0 Å². The Kier molecular flexibility index (Phi) is 1.77. The zero-order chi connectivity index (χ0) is 11.3. The number of hydrogen-bond acceptors (Lipinski definition) is 3. The van der Waals surface area contributed by atoms with E-state index in [2.05, 4.69) is 10.6 Å². The number of Topliss-reactive ketones (excluding diaryl/α,β-unsaturated/α-hetero) is 1. The highest BCUT2D eigenvalue weighted by atomic mass is 32.1. The number of rotatable bonds is 0. The second kappa shape index (κ2) is 2.95. The minimum atomic E-state index is -1.04. The van der Waals surface area contributed by atoms with E-state index < -0.39 is 11.8 Å². The Morgan fingerprint density at radius 3 is 3.00 bits per heavy atom. The summed E-state index contributed by atoms with van der Waals surface area (Å²) in [5, 5.41) is 6.28. The molecule has 0 saturated carbocycles. The van der Waals surface area contributed by atoms with E-state index >= 15 is 0 Å². The first-order chi connectivity index (χ1) is 7.60. The summed E-state index contributed by atoms with van der Waals surface area (Å²) < 4.78 is 5.68. The summed E-state index contributed by atoms with van der Waals surface area (Å²) in [6, 6.07) is 7.09. The summed E-state index contributed by atoms with van der Waals surface area (Å²) in [6.45, 7) is 1.70. The van der Waals surface area contributed by atoms with E-state index in [1.165, 1.54) is 0 Å². The molecule has 0 aromatic heterocycles. The number of ketones is 1. The van der Waals surface area contributed by atoms with Crippen molar-refractivity contribution < 1.29 is 9.53 Å². The van der Waals surface area contributed by atoms with Gasteiger partial charge in [-0.3, -0.25) is 4.79 Å². The fourth-order valence-corrected chi connectivity index (χ4v) is 2.43. The molecule has 0 aliphatic carbocycles. The summed E-state index contributed by atoms with van der Waals surface area (Å²) in [4.78, 5) is 12.1. The first-order valence-corrected chi connectivity index (χ1v) is 5.42. The number of para-hydroxylation sites is 1. The van der Waals surface area contributed by atoms with Crippen molar-refractivity contribution in [1.29, 1.82) is 0 Å². The van der Waals surface area contributed by atoms with Gasteiger partial charge in [0.25, 0.3) is 0 Å². The lowest BCUT2D eigenvalue weighted by atomic mass is 9.90. The maximum absolute atomic E-state index is 12.1. The number of carbonyl (C=O) groups excluding carboxylic acids is 1. The molecule has 0 amide bonds. The molecule has 82 valence electrons. The van der Waals surface area contributed by atoms with E-state index in [1.807, 2.05) is 24.3 Å². The van der Waals surface area contributed by atoms with Crippen molar-refractivity contribution in [3.05, 3.63) is 29.8 Å². The van der Waals surface area contributed by atoms with Crippen molar-refractivity contribution >= 4 is 23.1 Å². The molecule has 4 nitrogen and oxygen atoms in total. The van der Waals surface area contributed by atoms with Crippen LogP contribution in [0.5, 0.6) is 5.75 Å². The van der Waals surface area contributed by atoms with Crippen LogP contribution in [0.15, 0.2) is 24.3 Å². The summed E-state index contributed by atoms with van der Waals surface area (Å²) in [5.74, 6) is 0.678. The van der Waals surface area contributed by atoms with Gasteiger partial charge in [0, 0.05) is 12.5 Å². The van der Waals surface area contributed by atoms with Gasteiger partial charge >= 0.3 is 0 Å². The third-order valence-corrected chi connectivity index (χ3v) is 3.12. The van der Waals surface area contributed by atoms with E-state index in [0.29, 0.717) is 5.11 Å². The van der Waals surface area contributed by atoms with Gasteiger partial charge in [0.1, 0.15) is 11.8 Å². The minimum Gasteiger partial charge on any atom is -0.460 e. The maximum Gasteiger partial charge on any atom is 0.241 e. The third-order valence-electron chi connectivity index (χ3n) is 2.90. The molecule has 5 heteroatoms. The molecule has 0 radical (unpaired) electrons. The van der Waals surface area contributed by atoms with Crippen LogP contribution in [-0.4, -0.2) is 16.6 Å². The Balaban J connectivity index is 2.19. The van der Waals surface area contributed by atoms with E-state index in [9.17, 15) is 4.79 Å². The van der Waals surface area contributed by atoms with E-state index in [-0.39, 0.29) is 5.78 Å². The number of ether oxygens (including phenoxy) is 1. The second-order valence-corrected chi connectivity index (χ2v) is 4.48. The molecule has 0 spiro atoms. The normalized spacial score (nSPS) is 30.9. The zero-order valence-electron chi connectivity index (χ0n) is 8.61. The quantitative estimate of drug-likeness (QED) is 0.653. The summed E-state index contributed by atoms with van der Waals surface area (Å²) in [7, 11) is 0. The van der Waals surface area contributed by atoms with Crippen molar-refractivity contribution in [1.82, 2.24) is 10.6 Å². The lowest BCUT2D eigenvalue weighted by Crippen LogP contribution is -2.68. The molecule has 2 unspecified atom stereocenters. The van der Waals surface area contributed by atoms with Gasteiger partial charge in [-0.15, -0.1) is 0 Å². The van der Waals surface area contributed by atoms with Gasteiger partial charge in [-0.05, 0) is 18.3 Å². The van der Waals surface area contributed by atoms with Crippen LogP contribution < -0.4 is 15.4 Å². The van der Waals surface area contributed by atoms with Crippen LogP contribution in [-0.2, 0) is 4.79 Å². The van der Waals surface area contributed by atoms with Gasteiger partial charge in [0.15, 0.2) is 5.11 Å². The Morgan fingerprint density at radius 2 is 2.19 bits per heavy atom. The lowest BCUT2D eigenvalue weighted by molar-refractivity contribution is -0.140. The first-order valence-electron chi connectivity index (χ1n) is 5.01. The molecule has 2 N–H and O–H groups in total. The monoisotopic (exact) mass is 234 g/mol. The number of thiocarbonyl (C=S) groups is 1. The largest absolute Gasteiger partial charge is 0.460 e. The molecule has 3 rings (SSSR count). The third kappa shape index (κ3) is 1.15. The Hall–Kier alpha value is -1.62. The van der Waals surface area contributed by atoms with Gasteiger partial charge < -0.3 is 15.4 Å². The Labute approximate surface area is 98.0 Å². The molecule has 1 aromatic carbocycles. The topological polar surface area (TPSA) is 50.4 Å². The lowest BCUT2D eigenvalue weighted by Gasteiger charge is -2.43. The highest BCUT2D eigenvalue weighted by Crippen LogP contribution is 2.37. The minimum absolute atomic E-state index is 0.0419. The number of nitrogens with one attached hydrogen (secondary N) is 2. The fraction of sp³-hybridized carbons (Fsp3) is 0.273. The first kappa shape index (κ1) is 9.59. The average Bonchev–Trinajstić information content (AvgIpc) is 2.22. The maximum atomic E-state index is 12.1. The SMILES string of the molecule is CC12NC(=S)NC(C1=O)c1ccccc1O2. The molecule has 2 atom stereocenters. The summed E-state index contributed by atoms with van der Waals surface area (Å²) >= 11 is 5.06. The van der Waals surface area contributed by atoms with Crippen LogP contribution in [0, 0.1) is 0 Å². The van der Waals surface area contributed by atoms with Gasteiger partial charge in [-0.1, -0.05) is 18.2 Å². The Morgan fingerprint density at radius 1 is 1.44 bits per heavy atom. The number of fused-ring (bicyclic) bond motifs is 4. The van der Waals surface area contributed by atoms with Crippen molar-refractivity contribution in [3.8, 4) is 5.75 Å². The van der Waals surface area contributed by atoms with Gasteiger partial charge in [-0.2, -0.15) is 0 Å². The molecule has 2 bridgehead atoms. The van der Waals surface area contributed by atoms with Gasteiger partial charge in [-0.25, -0.2) is 0 Å². The zero-order valence-corrected chi connectivity index (χ0v) is 9.43. The van der Waals surface area contributed by atoms with Gasteiger partial charge in [0.05, 0.1) is 0 Å². The van der Waals surface area contributed by atoms with E-state index in [4.69, 9.17) is 17.0 Å². The molecule has 1 fully saturated rings. The smallest absolute Gasteiger partial charge is 0.241 e. The van der Waals surface area contributed by atoms with E-state index in [0.717, 1.165) is 11.3 Å². The number of carbonyl (C=O) groups is 1. The molecule has 2 heterocycles. The Bertz CT molecular complexity index is 503. The summed E-state index contributed by atoms with van der Waals surface area (Å²) in [6.07, 6.45) is 0. The molecule has 16 heavy (non-hydrogen) atoms. The van der Waals surface area contributed by atoms with Crippen LogP contribution in [0.1, 0.15) is 18.5 Å². The van der Waals surface area contributed by atoms with Gasteiger partial charge in [0.2, 0.25) is 11.5 Å². The van der Waals surface area contributed by atoms with Crippen molar-refractivity contribution in [3.63, 3.8) is 0 Å².